The summed E-state index contributed by atoms with van der Waals surface area (Å²) in [4.78, 5) is 38.3. The zero-order chi connectivity index (χ0) is 25.4. The van der Waals surface area contributed by atoms with Crippen molar-refractivity contribution in [1.29, 1.82) is 0 Å². The lowest BCUT2D eigenvalue weighted by molar-refractivity contribution is -0.156. The molecule has 2 fully saturated rings. The first-order valence-corrected chi connectivity index (χ1v) is 13.4. The summed E-state index contributed by atoms with van der Waals surface area (Å²) in [7, 11) is 0. The van der Waals surface area contributed by atoms with Crippen molar-refractivity contribution in [2.24, 2.45) is 23.2 Å². The van der Waals surface area contributed by atoms with Crippen molar-refractivity contribution in [3.63, 3.8) is 0 Å². The van der Waals surface area contributed by atoms with Gasteiger partial charge < -0.3 is 9.47 Å². The van der Waals surface area contributed by atoms with Gasteiger partial charge in [0.1, 0.15) is 18.1 Å². The van der Waals surface area contributed by atoms with E-state index in [1.54, 1.807) is 6.92 Å². The molecule has 2 aromatic carbocycles. The van der Waals surface area contributed by atoms with Gasteiger partial charge in [0.2, 0.25) is 5.78 Å². The predicted octanol–water partition coefficient (Wildman–Crippen LogP) is 5.61. The van der Waals surface area contributed by atoms with Crippen LogP contribution in [0.1, 0.15) is 74.6 Å². The molecule has 3 aliphatic rings. The van der Waals surface area contributed by atoms with E-state index in [1.165, 1.54) is 16.7 Å². The molecule has 0 heterocycles. The van der Waals surface area contributed by atoms with Crippen molar-refractivity contribution in [2.75, 3.05) is 6.61 Å². The standard InChI is InChI=1S/C31H36O5/c1-4-20-15-24-21(16-27(20)36-18-19-9-7-6-8-10-19)11-12-23-22(24)13-14-31(3)26(23)17-25(29(31)33)28(32)30(34)35-5-2/h6-10,15-16,22-23,25-26H,4-5,11-14,17-18H2,1-3H3/t22?,23?,25?,26?,31-/m0/s1. The van der Waals surface area contributed by atoms with Crippen molar-refractivity contribution in [3.05, 3.63) is 64.7 Å². The topological polar surface area (TPSA) is 69.7 Å². The normalized spacial score (nSPS) is 28.6. The van der Waals surface area contributed by atoms with Gasteiger partial charge in [-0.1, -0.05) is 50.2 Å². The highest BCUT2D eigenvalue weighted by Gasteiger charge is 2.60. The average molecular weight is 489 g/mol. The summed E-state index contributed by atoms with van der Waals surface area (Å²) >= 11 is 0. The predicted molar refractivity (Wildman–Crippen MR) is 137 cm³/mol. The Labute approximate surface area is 213 Å². The van der Waals surface area contributed by atoms with Gasteiger partial charge in [-0.15, -0.1) is 0 Å². The van der Waals surface area contributed by atoms with E-state index in [9.17, 15) is 14.4 Å². The van der Waals surface area contributed by atoms with Gasteiger partial charge in [-0.3, -0.25) is 9.59 Å². The molecule has 0 aliphatic heterocycles. The summed E-state index contributed by atoms with van der Waals surface area (Å²) in [6, 6.07) is 14.8. The minimum absolute atomic E-state index is 0.0475. The number of rotatable bonds is 7. The van der Waals surface area contributed by atoms with E-state index >= 15 is 0 Å². The van der Waals surface area contributed by atoms with Crippen LogP contribution in [-0.4, -0.2) is 24.1 Å². The van der Waals surface area contributed by atoms with E-state index in [-0.39, 0.29) is 18.3 Å². The van der Waals surface area contributed by atoms with Crippen molar-refractivity contribution in [1.82, 2.24) is 0 Å². The van der Waals surface area contributed by atoms with Gasteiger partial charge in [0.15, 0.2) is 0 Å². The fourth-order valence-corrected chi connectivity index (χ4v) is 7.18. The minimum Gasteiger partial charge on any atom is -0.489 e. The summed E-state index contributed by atoms with van der Waals surface area (Å²) in [5, 5.41) is 0. The fraction of sp³-hybridized carbons (Fsp3) is 0.516. The zero-order valence-corrected chi connectivity index (χ0v) is 21.5. The molecule has 36 heavy (non-hydrogen) atoms. The molecule has 2 saturated carbocycles. The van der Waals surface area contributed by atoms with Crippen LogP contribution in [0.15, 0.2) is 42.5 Å². The maximum atomic E-state index is 13.4. The maximum absolute atomic E-state index is 13.4. The number of ether oxygens (including phenoxy) is 2. The molecule has 0 saturated heterocycles. The summed E-state index contributed by atoms with van der Waals surface area (Å²) in [6.07, 6.45) is 5.00. The molecule has 5 heteroatoms. The highest BCUT2D eigenvalue weighted by molar-refractivity contribution is 6.39. The number of carbonyl (C=O) groups excluding carboxylic acids is 3. The van der Waals surface area contributed by atoms with Crippen molar-refractivity contribution in [3.8, 4) is 5.75 Å². The molecule has 5 nitrogen and oxygen atoms in total. The SMILES string of the molecule is CCOC(=O)C(=O)C1CC2C3CCc4cc(OCc5ccccc5)c(CC)cc4C3CC[C@]2(C)C1=O. The molecule has 0 spiro atoms. The molecule has 4 unspecified atom stereocenters. The average Bonchev–Trinajstić information content (AvgIpc) is 3.17. The first-order valence-electron chi connectivity index (χ1n) is 13.4. The Kier molecular flexibility index (Phi) is 6.76. The van der Waals surface area contributed by atoms with Crippen LogP contribution < -0.4 is 4.74 Å². The van der Waals surface area contributed by atoms with E-state index in [0.29, 0.717) is 24.9 Å². The van der Waals surface area contributed by atoms with Crippen molar-refractivity contribution in [2.45, 2.75) is 71.8 Å². The van der Waals surface area contributed by atoms with Gasteiger partial charge in [0, 0.05) is 5.41 Å². The zero-order valence-electron chi connectivity index (χ0n) is 21.5. The number of Topliss-reactive ketones (excluding diaryl/α,β-unsaturated/α-hetero) is 2. The van der Waals surface area contributed by atoms with E-state index in [4.69, 9.17) is 9.47 Å². The fourth-order valence-electron chi connectivity index (χ4n) is 7.18. The summed E-state index contributed by atoms with van der Waals surface area (Å²) < 4.78 is 11.2. The Bertz CT molecular complexity index is 1170. The lowest BCUT2D eigenvalue weighted by Crippen LogP contribution is -2.43. The van der Waals surface area contributed by atoms with Gasteiger partial charge >= 0.3 is 5.97 Å². The Morgan fingerprint density at radius 1 is 1.08 bits per heavy atom. The number of carbonyl (C=O) groups is 3. The number of benzene rings is 2. The van der Waals surface area contributed by atoms with Crippen LogP contribution in [0.3, 0.4) is 0 Å². The molecule has 5 atom stereocenters. The number of ketones is 2. The molecule has 0 aromatic heterocycles. The Hall–Kier alpha value is -2.95. The highest BCUT2D eigenvalue weighted by Crippen LogP contribution is 2.61. The second-order valence-corrected chi connectivity index (χ2v) is 10.9. The quantitative estimate of drug-likeness (QED) is 0.288. The van der Waals surface area contributed by atoms with E-state index in [0.717, 1.165) is 43.4 Å². The maximum Gasteiger partial charge on any atom is 0.375 e. The summed E-state index contributed by atoms with van der Waals surface area (Å²) in [5.41, 5.74) is 4.59. The van der Waals surface area contributed by atoms with Gasteiger partial charge in [-0.2, -0.15) is 0 Å². The molecule has 0 amide bonds. The minimum atomic E-state index is -0.862. The van der Waals surface area contributed by atoms with E-state index < -0.39 is 23.1 Å². The Balaban J connectivity index is 1.39. The van der Waals surface area contributed by atoms with Crippen LogP contribution in [0.4, 0.5) is 0 Å². The van der Waals surface area contributed by atoms with Crippen molar-refractivity contribution >= 4 is 17.5 Å². The molecular formula is C31H36O5. The van der Waals surface area contributed by atoms with E-state index in [2.05, 4.69) is 31.2 Å². The molecule has 0 radical (unpaired) electrons. The first-order chi connectivity index (χ1) is 17.4. The number of hydrogen-bond donors (Lipinski definition) is 0. The van der Waals surface area contributed by atoms with Crippen LogP contribution in [0.2, 0.25) is 0 Å². The van der Waals surface area contributed by atoms with Gasteiger partial charge in [-0.25, -0.2) is 4.79 Å². The summed E-state index contributed by atoms with van der Waals surface area (Å²) in [6.45, 7) is 6.57. The van der Waals surface area contributed by atoms with E-state index in [1.807, 2.05) is 25.1 Å². The van der Waals surface area contributed by atoms with Gasteiger partial charge in [0.25, 0.3) is 0 Å². The second-order valence-electron chi connectivity index (χ2n) is 10.9. The smallest absolute Gasteiger partial charge is 0.375 e. The third kappa shape index (κ3) is 4.16. The van der Waals surface area contributed by atoms with Crippen LogP contribution in [-0.2, 0) is 38.6 Å². The number of hydrogen-bond acceptors (Lipinski definition) is 5. The lowest BCUT2D eigenvalue weighted by Gasteiger charge is -2.48. The second kappa shape index (κ2) is 9.84. The van der Waals surface area contributed by atoms with Crippen molar-refractivity contribution < 1.29 is 23.9 Å². The molecule has 0 N–H and O–H groups in total. The largest absolute Gasteiger partial charge is 0.489 e. The first kappa shape index (κ1) is 24.7. The monoisotopic (exact) mass is 488 g/mol. The molecular weight excluding hydrogens is 452 g/mol. The molecule has 190 valence electrons. The number of esters is 1. The van der Waals surface area contributed by atoms with Gasteiger partial charge in [0.05, 0.1) is 12.5 Å². The molecule has 0 bridgehead atoms. The molecule has 2 aromatic rings. The third-order valence-corrected chi connectivity index (χ3v) is 9.08. The Morgan fingerprint density at radius 3 is 2.58 bits per heavy atom. The lowest BCUT2D eigenvalue weighted by atomic mass is 9.55. The van der Waals surface area contributed by atoms with Crippen LogP contribution in [0, 0.1) is 23.2 Å². The van der Waals surface area contributed by atoms with Gasteiger partial charge in [-0.05, 0) is 91.5 Å². The summed E-state index contributed by atoms with van der Waals surface area (Å²) in [5.74, 6) is -0.592. The number of aryl methyl sites for hydroxylation is 2. The Morgan fingerprint density at radius 2 is 1.86 bits per heavy atom. The number of fused-ring (bicyclic) bond motifs is 5. The molecule has 5 rings (SSSR count). The van der Waals surface area contributed by atoms with Crippen LogP contribution in [0.5, 0.6) is 5.75 Å². The molecule has 3 aliphatic carbocycles. The van der Waals surface area contributed by atoms with Crippen LogP contribution in [0.25, 0.3) is 0 Å². The third-order valence-electron chi connectivity index (χ3n) is 9.08. The highest BCUT2D eigenvalue weighted by atomic mass is 16.5. The van der Waals surface area contributed by atoms with Crippen LogP contribution >= 0.6 is 0 Å².